The van der Waals surface area contributed by atoms with Crippen molar-refractivity contribution in [2.45, 2.75) is 13.0 Å². The molecule has 1 aromatic carbocycles. The monoisotopic (exact) mass is 317 g/mol. The van der Waals surface area contributed by atoms with Crippen molar-refractivity contribution in [2.75, 3.05) is 6.54 Å². The van der Waals surface area contributed by atoms with E-state index in [1.807, 2.05) is 30.6 Å². The number of aromatic amines is 1. The summed E-state index contributed by atoms with van der Waals surface area (Å²) in [4.78, 5) is 8.82. The van der Waals surface area contributed by atoms with E-state index in [0.29, 0.717) is 0 Å². The molecule has 0 amide bonds. The van der Waals surface area contributed by atoms with Crippen LogP contribution in [0.5, 0.6) is 0 Å². The quantitative estimate of drug-likeness (QED) is 0.671. The summed E-state index contributed by atoms with van der Waals surface area (Å²) in [6.07, 6.45) is 4.85. The first kappa shape index (κ1) is 14.3. The predicted octanol–water partition coefficient (Wildman–Crippen LogP) is 4.12. The minimum Gasteiger partial charge on any atom is -0.360 e. The Morgan fingerprint density at radius 3 is 2.81 bits per heavy atom. The highest BCUT2D eigenvalue weighted by Crippen LogP contribution is 2.24. The van der Waals surface area contributed by atoms with Crippen LogP contribution < -0.4 is 5.32 Å². The SMILES string of the molecule is Clc1ccc(CCNCc2ncc(-c3ccc[nH]3)s2)cc1. The molecule has 2 N–H and O–H groups in total. The van der Waals surface area contributed by atoms with Crippen LogP contribution in [-0.4, -0.2) is 16.5 Å². The lowest BCUT2D eigenvalue weighted by Gasteiger charge is -2.03. The number of H-pyrrole nitrogens is 1. The fraction of sp³-hybridized carbons (Fsp3) is 0.188. The number of nitrogens with one attached hydrogen (secondary N) is 2. The van der Waals surface area contributed by atoms with E-state index in [1.54, 1.807) is 11.3 Å². The van der Waals surface area contributed by atoms with Crippen molar-refractivity contribution in [1.82, 2.24) is 15.3 Å². The number of benzene rings is 1. The van der Waals surface area contributed by atoms with Crippen LogP contribution in [0.15, 0.2) is 48.8 Å². The van der Waals surface area contributed by atoms with Crippen LogP contribution in [0.2, 0.25) is 5.02 Å². The van der Waals surface area contributed by atoms with Crippen molar-refractivity contribution in [1.29, 1.82) is 0 Å². The number of hydrogen-bond acceptors (Lipinski definition) is 3. The Bertz CT molecular complexity index is 674. The smallest absolute Gasteiger partial charge is 0.107 e. The molecule has 0 aliphatic rings. The minimum atomic E-state index is 0.784. The molecule has 0 spiro atoms. The van der Waals surface area contributed by atoms with Crippen molar-refractivity contribution >= 4 is 22.9 Å². The standard InChI is InChI=1S/C16H16ClN3S/c17-13-5-3-12(4-6-13)7-9-18-11-16-20-10-15(21-16)14-2-1-8-19-14/h1-6,8,10,18-19H,7,9,11H2. The van der Waals surface area contributed by atoms with Gasteiger partial charge in [-0.3, -0.25) is 0 Å². The van der Waals surface area contributed by atoms with Crippen molar-refractivity contribution in [2.24, 2.45) is 0 Å². The average Bonchev–Trinajstić information content (AvgIpc) is 3.16. The summed E-state index contributed by atoms with van der Waals surface area (Å²) in [5, 5.41) is 5.32. The molecule has 0 aliphatic carbocycles. The third-order valence-electron chi connectivity index (χ3n) is 3.20. The third kappa shape index (κ3) is 3.94. The lowest BCUT2D eigenvalue weighted by molar-refractivity contribution is 0.684. The van der Waals surface area contributed by atoms with E-state index in [9.17, 15) is 0 Å². The average molecular weight is 318 g/mol. The molecule has 3 nitrogen and oxygen atoms in total. The van der Waals surface area contributed by atoms with Crippen LogP contribution >= 0.6 is 22.9 Å². The van der Waals surface area contributed by atoms with Gasteiger partial charge >= 0.3 is 0 Å². The number of halogens is 1. The van der Waals surface area contributed by atoms with Crippen molar-refractivity contribution in [3.63, 3.8) is 0 Å². The third-order valence-corrected chi connectivity index (χ3v) is 4.48. The van der Waals surface area contributed by atoms with Gasteiger partial charge in [0.05, 0.1) is 10.6 Å². The maximum absolute atomic E-state index is 5.87. The fourth-order valence-corrected chi connectivity index (χ4v) is 3.08. The maximum Gasteiger partial charge on any atom is 0.107 e. The van der Waals surface area contributed by atoms with Crippen LogP contribution in [-0.2, 0) is 13.0 Å². The van der Waals surface area contributed by atoms with Crippen LogP contribution in [0.3, 0.4) is 0 Å². The van der Waals surface area contributed by atoms with Gasteiger partial charge < -0.3 is 10.3 Å². The molecule has 0 bridgehead atoms. The molecule has 0 saturated heterocycles. The van der Waals surface area contributed by atoms with E-state index in [2.05, 4.69) is 33.5 Å². The fourth-order valence-electron chi connectivity index (χ4n) is 2.08. The Hall–Kier alpha value is -1.62. The highest BCUT2D eigenvalue weighted by molar-refractivity contribution is 7.15. The van der Waals surface area contributed by atoms with Gasteiger partial charge in [0.25, 0.3) is 0 Å². The van der Waals surface area contributed by atoms with Gasteiger partial charge in [0.1, 0.15) is 5.01 Å². The van der Waals surface area contributed by atoms with Gasteiger partial charge in [-0.2, -0.15) is 0 Å². The Morgan fingerprint density at radius 2 is 2.05 bits per heavy atom. The highest BCUT2D eigenvalue weighted by Gasteiger charge is 2.04. The molecule has 3 rings (SSSR count). The summed E-state index contributed by atoms with van der Waals surface area (Å²) in [6.45, 7) is 1.73. The first-order valence-electron chi connectivity index (χ1n) is 6.85. The molecule has 108 valence electrons. The second-order valence-corrected chi connectivity index (χ2v) is 6.31. The maximum atomic E-state index is 5.87. The molecule has 21 heavy (non-hydrogen) atoms. The van der Waals surface area contributed by atoms with E-state index in [0.717, 1.165) is 35.2 Å². The molecule has 5 heteroatoms. The van der Waals surface area contributed by atoms with Crippen LogP contribution in [0, 0.1) is 0 Å². The van der Waals surface area contributed by atoms with Gasteiger partial charge in [0, 0.05) is 24.0 Å². The first-order valence-corrected chi connectivity index (χ1v) is 8.04. The molecule has 3 aromatic rings. The zero-order valence-electron chi connectivity index (χ0n) is 11.5. The van der Waals surface area contributed by atoms with E-state index in [1.165, 1.54) is 10.4 Å². The number of aromatic nitrogens is 2. The van der Waals surface area contributed by atoms with E-state index in [4.69, 9.17) is 11.6 Å². The Kier molecular flexibility index (Phi) is 4.70. The number of nitrogens with zero attached hydrogens (tertiary/aromatic N) is 1. The van der Waals surface area contributed by atoms with Gasteiger partial charge in [-0.15, -0.1) is 11.3 Å². The topological polar surface area (TPSA) is 40.7 Å². The van der Waals surface area contributed by atoms with Crippen molar-refractivity contribution in [3.8, 4) is 10.6 Å². The molecule has 0 fully saturated rings. The second-order valence-electron chi connectivity index (χ2n) is 4.76. The van der Waals surface area contributed by atoms with E-state index >= 15 is 0 Å². The van der Waals surface area contributed by atoms with E-state index in [-0.39, 0.29) is 0 Å². The molecule has 0 unspecified atom stereocenters. The van der Waals surface area contributed by atoms with Gasteiger partial charge in [0.2, 0.25) is 0 Å². The molecule has 2 heterocycles. The molecule has 0 aliphatic heterocycles. The number of rotatable bonds is 6. The molecule has 0 saturated carbocycles. The predicted molar refractivity (Wildman–Crippen MR) is 88.8 cm³/mol. The lowest BCUT2D eigenvalue weighted by Crippen LogP contribution is -2.16. The van der Waals surface area contributed by atoms with Crippen LogP contribution in [0.25, 0.3) is 10.6 Å². The minimum absolute atomic E-state index is 0.784. The lowest BCUT2D eigenvalue weighted by atomic mass is 10.1. The normalized spacial score (nSPS) is 10.9. The summed E-state index contributed by atoms with van der Waals surface area (Å²) in [7, 11) is 0. The highest BCUT2D eigenvalue weighted by atomic mass is 35.5. The molecular formula is C16H16ClN3S. The van der Waals surface area contributed by atoms with Gasteiger partial charge in [-0.25, -0.2) is 4.98 Å². The first-order chi connectivity index (χ1) is 10.3. The van der Waals surface area contributed by atoms with Crippen LogP contribution in [0.1, 0.15) is 10.6 Å². The Balaban J connectivity index is 1.46. The van der Waals surface area contributed by atoms with Gasteiger partial charge in [-0.05, 0) is 42.8 Å². The number of thiazole rings is 1. The largest absolute Gasteiger partial charge is 0.360 e. The molecular weight excluding hydrogens is 302 g/mol. The zero-order valence-corrected chi connectivity index (χ0v) is 13.0. The molecule has 0 radical (unpaired) electrons. The van der Waals surface area contributed by atoms with Gasteiger partial charge in [-0.1, -0.05) is 23.7 Å². The summed E-state index contributed by atoms with van der Waals surface area (Å²) >= 11 is 7.59. The summed E-state index contributed by atoms with van der Waals surface area (Å²) in [5.74, 6) is 0. The molecule has 0 atom stereocenters. The summed E-state index contributed by atoms with van der Waals surface area (Å²) in [6, 6.07) is 12.1. The van der Waals surface area contributed by atoms with Gasteiger partial charge in [0.15, 0.2) is 0 Å². The Morgan fingerprint density at radius 1 is 1.19 bits per heavy atom. The van der Waals surface area contributed by atoms with Crippen molar-refractivity contribution in [3.05, 3.63) is 64.4 Å². The summed E-state index contributed by atoms with van der Waals surface area (Å²) < 4.78 is 0. The second kappa shape index (κ2) is 6.89. The Labute approximate surface area is 133 Å². The number of hydrogen-bond donors (Lipinski definition) is 2. The summed E-state index contributed by atoms with van der Waals surface area (Å²) in [5.41, 5.74) is 2.41. The van der Waals surface area contributed by atoms with Crippen LogP contribution in [0.4, 0.5) is 0 Å². The molecule has 2 aromatic heterocycles. The zero-order chi connectivity index (χ0) is 14.5. The van der Waals surface area contributed by atoms with Crippen molar-refractivity contribution < 1.29 is 0 Å². The van der Waals surface area contributed by atoms with E-state index < -0.39 is 0 Å².